The molecule has 0 saturated carbocycles. The van der Waals surface area contributed by atoms with Crippen molar-refractivity contribution < 1.29 is 0 Å². The molecule has 1 N–H and O–H groups in total. The lowest BCUT2D eigenvalue weighted by atomic mass is 10.2. The molecule has 0 amide bonds. The van der Waals surface area contributed by atoms with Gasteiger partial charge in [-0.3, -0.25) is 0 Å². The Bertz CT molecular complexity index is 1170. The molecule has 0 saturated heterocycles. The maximum absolute atomic E-state index is 5.95. The van der Waals surface area contributed by atoms with Gasteiger partial charge in [0.15, 0.2) is 11.0 Å². The van der Waals surface area contributed by atoms with E-state index in [2.05, 4.69) is 25.3 Å². The third-order valence-electron chi connectivity index (χ3n) is 3.85. The molecule has 0 aliphatic carbocycles. The van der Waals surface area contributed by atoms with Gasteiger partial charge in [-0.25, -0.2) is 4.98 Å². The van der Waals surface area contributed by atoms with Crippen molar-refractivity contribution in [1.82, 2.24) is 29.8 Å². The smallest absolute Gasteiger partial charge is 0.235 e. The Morgan fingerprint density at radius 3 is 2.77 bits per heavy atom. The molecule has 0 spiro atoms. The first-order chi connectivity index (χ1) is 12.8. The van der Waals surface area contributed by atoms with Crippen molar-refractivity contribution in [3.05, 3.63) is 59.4 Å². The Morgan fingerprint density at radius 2 is 1.92 bits per heavy atom. The fourth-order valence-corrected chi connectivity index (χ4v) is 4.37. The number of thioether (sulfide) groups is 1. The second-order valence-electron chi connectivity index (χ2n) is 5.57. The summed E-state index contributed by atoms with van der Waals surface area (Å²) >= 11 is 9.04. The van der Waals surface area contributed by atoms with Crippen LogP contribution in [0.25, 0.3) is 26.6 Å². The maximum atomic E-state index is 5.95. The van der Waals surface area contributed by atoms with Crippen LogP contribution in [0.5, 0.6) is 0 Å². The van der Waals surface area contributed by atoms with E-state index in [1.54, 1.807) is 16.3 Å². The van der Waals surface area contributed by atoms with Crippen LogP contribution in [0.1, 0.15) is 5.82 Å². The Labute approximate surface area is 161 Å². The number of halogens is 1. The van der Waals surface area contributed by atoms with E-state index < -0.39 is 0 Å². The van der Waals surface area contributed by atoms with E-state index in [0.29, 0.717) is 10.8 Å². The molecule has 3 aromatic heterocycles. The predicted molar refractivity (Wildman–Crippen MR) is 105 cm³/mol. The van der Waals surface area contributed by atoms with Gasteiger partial charge in [-0.1, -0.05) is 59.0 Å². The van der Waals surface area contributed by atoms with E-state index in [1.807, 2.05) is 48.5 Å². The fraction of sp³-hybridized carbons (Fsp3) is 0.0588. The lowest BCUT2D eigenvalue weighted by Gasteiger charge is -1.96. The molecule has 5 rings (SSSR count). The van der Waals surface area contributed by atoms with Gasteiger partial charge >= 0.3 is 0 Å². The Hall–Kier alpha value is -2.42. The lowest BCUT2D eigenvalue weighted by Crippen LogP contribution is -1.94. The molecule has 0 aliphatic heterocycles. The van der Waals surface area contributed by atoms with Crippen LogP contribution >= 0.6 is 34.7 Å². The normalized spacial score (nSPS) is 11.6. The molecule has 0 atom stereocenters. The van der Waals surface area contributed by atoms with Gasteiger partial charge in [-0.15, -0.1) is 10.2 Å². The number of H-pyrrole nitrogens is 1. The van der Waals surface area contributed by atoms with Crippen LogP contribution in [-0.4, -0.2) is 29.8 Å². The summed E-state index contributed by atoms with van der Waals surface area (Å²) in [6.07, 6.45) is 0. The molecular weight excluding hydrogens is 388 g/mol. The number of para-hydroxylation sites is 2. The zero-order valence-electron chi connectivity index (χ0n) is 13.3. The molecule has 0 radical (unpaired) electrons. The number of benzene rings is 2. The minimum atomic E-state index is 0.630. The summed E-state index contributed by atoms with van der Waals surface area (Å²) in [5.74, 6) is 1.42. The van der Waals surface area contributed by atoms with Crippen LogP contribution in [0, 0.1) is 0 Å². The zero-order chi connectivity index (χ0) is 17.5. The molecular formula is C17H11ClN6S2. The van der Waals surface area contributed by atoms with Crippen molar-refractivity contribution in [2.45, 2.75) is 10.9 Å². The minimum absolute atomic E-state index is 0.630. The van der Waals surface area contributed by atoms with Crippen molar-refractivity contribution in [2.75, 3.05) is 0 Å². The molecule has 26 heavy (non-hydrogen) atoms. The van der Waals surface area contributed by atoms with E-state index in [9.17, 15) is 0 Å². The first-order valence-corrected chi connectivity index (χ1v) is 9.99. The van der Waals surface area contributed by atoms with Gasteiger partial charge < -0.3 is 4.98 Å². The first kappa shape index (κ1) is 15.8. The monoisotopic (exact) mass is 398 g/mol. The summed E-state index contributed by atoms with van der Waals surface area (Å²) in [7, 11) is 0. The number of nitrogens with zero attached hydrogens (tertiary/aromatic N) is 5. The van der Waals surface area contributed by atoms with Gasteiger partial charge in [0, 0.05) is 10.6 Å². The van der Waals surface area contributed by atoms with Crippen LogP contribution in [-0.2, 0) is 5.75 Å². The number of hydrogen-bond acceptors (Lipinski definition) is 6. The first-order valence-electron chi connectivity index (χ1n) is 7.81. The fourth-order valence-electron chi connectivity index (χ4n) is 2.59. The van der Waals surface area contributed by atoms with E-state index >= 15 is 0 Å². The molecule has 3 heterocycles. The van der Waals surface area contributed by atoms with E-state index in [4.69, 9.17) is 11.6 Å². The van der Waals surface area contributed by atoms with E-state index in [0.717, 1.165) is 37.5 Å². The van der Waals surface area contributed by atoms with Crippen LogP contribution in [0.2, 0.25) is 5.02 Å². The highest BCUT2D eigenvalue weighted by molar-refractivity contribution is 7.98. The van der Waals surface area contributed by atoms with Crippen molar-refractivity contribution in [2.24, 2.45) is 0 Å². The van der Waals surface area contributed by atoms with Crippen molar-refractivity contribution >= 4 is 50.7 Å². The van der Waals surface area contributed by atoms with Crippen molar-refractivity contribution in [3.8, 4) is 10.6 Å². The predicted octanol–water partition coefficient (Wildman–Crippen LogP) is 4.67. The highest BCUT2D eigenvalue weighted by Gasteiger charge is 2.14. The number of nitrogens with one attached hydrogen (secondary N) is 1. The molecule has 9 heteroatoms. The number of rotatable bonds is 4. The molecule has 0 fully saturated rings. The second kappa shape index (κ2) is 6.39. The second-order valence-corrected chi connectivity index (χ2v) is 7.93. The molecule has 128 valence electrons. The summed E-state index contributed by atoms with van der Waals surface area (Å²) < 4.78 is 1.80. The van der Waals surface area contributed by atoms with Crippen LogP contribution in [0.15, 0.2) is 53.7 Å². The van der Waals surface area contributed by atoms with Crippen molar-refractivity contribution in [3.63, 3.8) is 0 Å². The summed E-state index contributed by atoms with van der Waals surface area (Å²) in [4.78, 5) is 8.65. The van der Waals surface area contributed by atoms with Crippen LogP contribution < -0.4 is 0 Å². The van der Waals surface area contributed by atoms with E-state index in [-0.39, 0.29) is 0 Å². The third-order valence-corrected chi connectivity index (χ3v) is 5.92. The molecule has 0 unspecified atom stereocenters. The number of hydrogen-bond donors (Lipinski definition) is 1. The molecule has 5 aromatic rings. The van der Waals surface area contributed by atoms with E-state index in [1.165, 1.54) is 11.3 Å². The Balaban J connectivity index is 1.41. The summed E-state index contributed by atoms with van der Waals surface area (Å²) in [5, 5.41) is 15.6. The summed E-state index contributed by atoms with van der Waals surface area (Å²) in [6.45, 7) is 0. The lowest BCUT2D eigenvalue weighted by molar-refractivity contribution is 0.885. The molecule has 6 nitrogen and oxygen atoms in total. The summed E-state index contributed by atoms with van der Waals surface area (Å²) in [5.41, 5.74) is 3.00. The molecule has 0 aliphatic rings. The number of fused-ring (bicyclic) bond motifs is 2. The summed E-state index contributed by atoms with van der Waals surface area (Å²) in [6, 6.07) is 15.6. The molecule has 2 aromatic carbocycles. The number of aromatic nitrogens is 6. The van der Waals surface area contributed by atoms with Gasteiger partial charge in [0.25, 0.3) is 0 Å². The number of imidazole rings is 1. The van der Waals surface area contributed by atoms with Gasteiger partial charge in [0.05, 0.1) is 16.8 Å². The average Bonchev–Trinajstić information content (AvgIpc) is 3.34. The Morgan fingerprint density at radius 1 is 1.08 bits per heavy atom. The number of aromatic amines is 1. The van der Waals surface area contributed by atoms with Gasteiger partial charge in [-0.05, 0) is 24.3 Å². The average molecular weight is 399 g/mol. The van der Waals surface area contributed by atoms with Gasteiger partial charge in [0.2, 0.25) is 4.96 Å². The minimum Gasteiger partial charge on any atom is -0.333 e. The standard InChI is InChI=1S/C17H11ClN6S2/c18-11-7-5-10(6-8-11)15-23-24-14(21-22-17(24)26-15)9-25-16-19-12-3-1-2-4-13(12)20-16/h1-8H,9H2,(H,19,20). The molecule has 0 bridgehead atoms. The SMILES string of the molecule is Clc1ccc(-c2nn3c(CSc4nc5ccccc5[nH]4)nnc3s2)cc1. The highest BCUT2D eigenvalue weighted by Crippen LogP contribution is 2.28. The maximum Gasteiger partial charge on any atom is 0.235 e. The topological polar surface area (TPSA) is 71.8 Å². The quantitative estimate of drug-likeness (QED) is 0.445. The van der Waals surface area contributed by atoms with Crippen molar-refractivity contribution in [1.29, 1.82) is 0 Å². The van der Waals surface area contributed by atoms with Gasteiger partial charge in [-0.2, -0.15) is 9.61 Å². The largest absolute Gasteiger partial charge is 0.333 e. The zero-order valence-corrected chi connectivity index (χ0v) is 15.6. The highest BCUT2D eigenvalue weighted by atomic mass is 35.5. The van der Waals surface area contributed by atoms with Crippen LogP contribution in [0.4, 0.5) is 0 Å². The van der Waals surface area contributed by atoms with Crippen LogP contribution in [0.3, 0.4) is 0 Å². The van der Waals surface area contributed by atoms with Gasteiger partial charge in [0.1, 0.15) is 5.01 Å². The Kier molecular flexibility index (Phi) is 3.88. The third kappa shape index (κ3) is 2.86.